The Morgan fingerprint density at radius 2 is 1.95 bits per heavy atom. The van der Waals surface area contributed by atoms with Gasteiger partial charge in [0.05, 0.1) is 19.5 Å². The number of imidazole rings is 1. The average molecular weight is 592 g/mol. The van der Waals surface area contributed by atoms with Crippen LogP contribution in [0, 0.1) is 0 Å². The van der Waals surface area contributed by atoms with Crippen LogP contribution >= 0.6 is 23.5 Å². The summed E-state index contributed by atoms with van der Waals surface area (Å²) in [5, 5.41) is 25.2. The molecule has 1 saturated heterocycles. The fourth-order valence-electron chi connectivity index (χ4n) is 3.45. The van der Waals surface area contributed by atoms with Gasteiger partial charge in [0.2, 0.25) is 5.95 Å². The Kier molecular flexibility index (Phi) is 7.77. The van der Waals surface area contributed by atoms with Gasteiger partial charge in [0.15, 0.2) is 17.4 Å². The van der Waals surface area contributed by atoms with Crippen LogP contribution in [0.3, 0.4) is 0 Å². The number of hydrogen-bond donors (Lipinski definition) is 8. The third-order valence-electron chi connectivity index (χ3n) is 4.89. The second kappa shape index (κ2) is 9.81. The van der Waals surface area contributed by atoms with Crippen molar-refractivity contribution in [3.63, 3.8) is 0 Å². The number of phosphoric acid groups is 3. The molecule has 1 aliphatic rings. The Labute approximate surface area is 203 Å². The highest BCUT2D eigenvalue weighted by molar-refractivity contribution is 7.66. The molecule has 25 heteroatoms. The molecule has 0 aliphatic carbocycles. The van der Waals surface area contributed by atoms with Crippen LogP contribution in [0.25, 0.3) is 21.6 Å². The number of aromatic nitrogens is 4. The first kappa shape index (κ1) is 29.3. The van der Waals surface area contributed by atoms with E-state index in [1.807, 2.05) is 0 Å². The highest BCUT2D eigenvalue weighted by Gasteiger charge is 2.62. The molecule has 0 aromatic carbocycles. The van der Waals surface area contributed by atoms with Crippen LogP contribution in [0.4, 0.5) is 5.95 Å². The van der Waals surface area contributed by atoms with Crippen molar-refractivity contribution in [2.75, 3.05) is 18.9 Å². The Morgan fingerprint density at radius 3 is 2.54 bits per heavy atom. The van der Waals surface area contributed by atoms with Crippen molar-refractivity contribution >= 4 is 40.6 Å². The molecule has 3 rings (SSSR count). The Bertz CT molecular complexity index is 1450. The summed E-state index contributed by atoms with van der Waals surface area (Å²) in [4.78, 5) is 60.8. The lowest BCUT2D eigenvalue weighted by atomic mass is 9.88. The summed E-state index contributed by atoms with van der Waals surface area (Å²) in [6, 6.07) is 0. The molecule has 206 valence electrons. The van der Waals surface area contributed by atoms with Gasteiger partial charge in [-0.05, 0) is 12.5 Å². The summed E-state index contributed by atoms with van der Waals surface area (Å²) in [7, 11) is -17.2. The van der Waals surface area contributed by atoms with E-state index in [2.05, 4.69) is 38.1 Å². The fraction of sp³-hybridized carbons (Fsp3) is 0.583. The molecule has 0 spiro atoms. The van der Waals surface area contributed by atoms with Crippen molar-refractivity contribution in [2.45, 2.75) is 30.5 Å². The molecule has 22 nitrogen and oxygen atoms in total. The van der Waals surface area contributed by atoms with E-state index in [0.29, 0.717) is 0 Å². The number of phosphoric ester groups is 1. The molecular weight excluding hydrogens is 573 g/mol. The average Bonchev–Trinajstić information content (AvgIpc) is 3.21. The molecule has 9 N–H and O–H groups in total. The summed E-state index contributed by atoms with van der Waals surface area (Å²) in [6.07, 6.45) is -2.79. The number of fused-ring (bicyclic) bond motifs is 1. The van der Waals surface area contributed by atoms with Crippen molar-refractivity contribution in [1.82, 2.24) is 19.5 Å². The molecule has 0 radical (unpaired) electrons. The number of anilines is 1. The molecule has 3 heterocycles. The Balaban J connectivity index is 1.96. The topological polar surface area (TPSA) is 348 Å². The van der Waals surface area contributed by atoms with Crippen molar-refractivity contribution in [3.05, 3.63) is 27.1 Å². The van der Waals surface area contributed by atoms with E-state index < -0.39 is 65.7 Å². The second-order valence-electron chi connectivity index (χ2n) is 7.69. The molecule has 0 bridgehead atoms. The number of nitrogens with one attached hydrogen (secondary N) is 1. The predicted octanol–water partition coefficient (Wildman–Crippen LogP) is -1.27. The number of ether oxygens (including phenoxy) is 1. The quantitative estimate of drug-likeness (QED) is 0.0690. The standard InChI is InChI=1S/C12H19N8O14P3/c1-11(23)8(22)12(2-16-19-14,3-31-36(27,28)34-37(29,30)33-35(24,25)26)32-9(11)20-4-15-5-6(20)17-10(13)18-7(5)21/h4,8-9,22-23H,2-3H2,1H3,(H,27,28)(H,29,30)(H2,24,25,26)(H3,13,17,18,21)/t8-,9+,11+,12+/m0/s1. The molecule has 0 amide bonds. The number of aromatic amines is 1. The van der Waals surface area contributed by atoms with Crippen LogP contribution in [0.5, 0.6) is 0 Å². The maximum absolute atomic E-state index is 12.2. The highest BCUT2D eigenvalue weighted by Crippen LogP contribution is 2.66. The van der Waals surface area contributed by atoms with E-state index in [9.17, 15) is 38.5 Å². The van der Waals surface area contributed by atoms with Crippen LogP contribution in [-0.2, 0) is 31.6 Å². The zero-order valence-corrected chi connectivity index (χ0v) is 20.9. The third kappa shape index (κ3) is 6.26. The highest BCUT2D eigenvalue weighted by atomic mass is 31.3. The van der Waals surface area contributed by atoms with Gasteiger partial charge in [0, 0.05) is 4.91 Å². The number of nitrogen functional groups attached to an aromatic ring is 1. The normalized spacial score (nSPS) is 29.5. The molecule has 37 heavy (non-hydrogen) atoms. The van der Waals surface area contributed by atoms with Gasteiger partial charge in [0.25, 0.3) is 5.56 Å². The number of rotatable bonds is 10. The minimum Gasteiger partial charge on any atom is -0.387 e. The van der Waals surface area contributed by atoms with Crippen LogP contribution in [0.1, 0.15) is 13.2 Å². The number of H-pyrrole nitrogens is 1. The lowest BCUT2D eigenvalue weighted by molar-refractivity contribution is -0.122. The van der Waals surface area contributed by atoms with Gasteiger partial charge < -0.3 is 40.3 Å². The van der Waals surface area contributed by atoms with E-state index in [1.54, 1.807) is 0 Å². The molecule has 6 atom stereocenters. The van der Waals surface area contributed by atoms with Crippen molar-refractivity contribution in [1.29, 1.82) is 0 Å². The lowest BCUT2D eigenvalue weighted by Gasteiger charge is -2.32. The summed E-state index contributed by atoms with van der Waals surface area (Å²) in [5.41, 5.74) is 8.37. The number of hydrogen-bond acceptors (Lipinski definition) is 14. The second-order valence-corrected chi connectivity index (χ2v) is 12.1. The molecule has 0 saturated carbocycles. The van der Waals surface area contributed by atoms with Gasteiger partial charge in [-0.1, -0.05) is 5.11 Å². The fourth-order valence-corrected chi connectivity index (χ4v) is 6.53. The Hall–Kier alpha value is -2.25. The summed E-state index contributed by atoms with van der Waals surface area (Å²) < 4.78 is 52.9. The van der Waals surface area contributed by atoms with Crippen molar-refractivity contribution < 1.29 is 61.4 Å². The summed E-state index contributed by atoms with van der Waals surface area (Å²) >= 11 is 0. The molecular formula is C12H19N8O14P3. The van der Waals surface area contributed by atoms with E-state index in [0.717, 1.165) is 17.8 Å². The van der Waals surface area contributed by atoms with Gasteiger partial charge >= 0.3 is 23.5 Å². The zero-order chi connectivity index (χ0) is 28.0. The van der Waals surface area contributed by atoms with Crippen molar-refractivity contribution in [3.8, 4) is 0 Å². The Morgan fingerprint density at radius 1 is 1.30 bits per heavy atom. The lowest BCUT2D eigenvalue weighted by Crippen LogP contribution is -2.53. The van der Waals surface area contributed by atoms with Gasteiger partial charge in [-0.25, -0.2) is 18.7 Å². The van der Waals surface area contributed by atoms with Crippen LogP contribution < -0.4 is 11.3 Å². The maximum Gasteiger partial charge on any atom is 0.490 e. The molecule has 2 unspecified atom stereocenters. The first-order valence-electron chi connectivity index (χ1n) is 9.42. The number of nitrogens with two attached hydrogens (primary N) is 1. The smallest absolute Gasteiger partial charge is 0.387 e. The predicted molar refractivity (Wildman–Crippen MR) is 116 cm³/mol. The summed E-state index contributed by atoms with van der Waals surface area (Å²) in [5.74, 6) is -0.342. The minimum absolute atomic E-state index is 0.216. The molecule has 2 aromatic rings. The molecule has 1 aliphatic heterocycles. The van der Waals surface area contributed by atoms with Gasteiger partial charge in [-0.15, -0.1) is 0 Å². The number of aliphatic hydroxyl groups excluding tert-OH is 1. The SMILES string of the molecule is C[C@@]1(O)[C@H](O)[C@@](CN=[N+]=[N-])(COP(=O)(O)OP(=O)(O)OP(=O)(O)O)O[C@H]1n1cnc2c(=O)[nH]c(N)nc21. The third-order valence-corrected chi connectivity index (χ3v) is 8.67. The first-order chi connectivity index (χ1) is 16.8. The van der Waals surface area contributed by atoms with E-state index in [4.69, 9.17) is 25.8 Å². The minimum atomic E-state index is -5.87. The van der Waals surface area contributed by atoms with Crippen molar-refractivity contribution in [2.24, 2.45) is 5.11 Å². The number of nitrogens with zero attached hydrogens (tertiary/aromatic N) is 6. The first-order valence-corrected chi connectivity index (χ1v) is 13.9. The number of azide groups is 1. The molecule has 2 aromatic heterocycles. The van der Waals surface area contributed by atoms with Crippen LogP contribution in [0.15, 0.2) is 16.2 Å². The number of aliphatic hydroxyl groups is 2. The molecule has 1 fully saturated rings. The van der Waals surface area contributed by atoms with E-state index in [1.165, 1.54) is 0 Å². The van der Waals surface area contributed by atoms with Gasteiger partial charge in [-0.2, -0.15) is 13.6 Å². The largest absolute Gasteiger partial charge is 0.490 e. The van der Waals surface area contributed by atoms with Crippen LogP contribution in [0.2, 0.25) is 0 Å². The monoisotopic (exact) mass is 592 g/mol. The van der Waals surface area contributed by atoms with E-state index >= 15 is 0 Å². The van der Waals surface area contributed by atoms with Crippen LogP contribution in [-0.4, -0.2) is 79.8 Å². The van der Waals surface area contributed by atoms with Gasteiger partial charge in [-0.3, -0.25) is 18.9 Å². The van der Waals surface area contributed by atoms with E-state index in [-0.39, 0.29) is 17.1 Å². The zero-order valence-electron chi connectivity index (χ0n) is 18.2. The maximum atomic E-state index is 12.2. The van der Waals surface area contributed by atoms with Gasteiger partial charge in [0.1, 0.15) is 17.3 Å². The summed E-state index contributed by atoms with van der Waals surface area (Å²) in [6.45, 7) is -1.13.